The zero-order chi connectivity index (χ0) is 26.2. The summed E-state index contributed by atoms with van der Waals surface area (Å²) >= 11 is 0. The van der Waals surface area contributed by atoms with Gasteiger partial charge in [0.05, 0.1) is 37.3 Å². The van der Waals surface area contributed by atoms with E-state index in [4.69, 9.17) is 14.2 Å². The van der Waals surface area contributed by atoms with E-state index in [9.17, 15) is 13.8 Å². The predicted molar refractivity (Wildman–Crippen MR) is 140 cm³/mol. The fraction of sp³-hybridized carbons (Fsp3) is 0.286. The molecule has 0 radical (unpaired) electrons. The smallest absolute Gasteiger partial charge is 0.338 e. The normalized spacial score (nSPS) is 14.3. The van der Waals surface area contributed by atoms with Crippen LogP contribution in [0.2, 0.25) is 0 Å². The lowest BCUT2D eigenvalue weighted by molar-refractivity contribution is -0.135. The van der Waals surface area contributed by atoms with Crippen LogP contribution in [-0.2, 0) is 31.8 Å². The lowest BCUT2D eigenvalue weighted by atomic mass is 10.1. The highest BCUT2D eigenvalue weighted by Crippen LogP contribution is 2.26. The summed E-state index contributed by atoms with van der Waals surface area (Å²) in [6.07, 6.45) is 0. The van der Waals surface area contributed by atoms with Crippen molar-refractivity contribution in [1.82, 2.24) is 9.21 Å². The van der Waals surface area contributed by atoms with E-state index >= 15 is 0 Å². The van der Waals surface area contributed by atoms with E-state index in [0.29, 0.717) is 53.8 Å². The molecule has 1 heterocycles. The quantitative estimate of drug-likeness (QED) is 0.396. The summed E-state index contributed by atoms with van der Waals surface area (Å²) in [7, 11) is -0.351. The second kappa shape index (κ2) is 12.6. The molecule has 37 heavy (non-hydrogen) atoms. The van der Waals surface area contributed by atoms with Crippen LogP contribution in [-0.4, -0.2) is 65.2 Å². The molecule has 1 amide bonds. The van der Waals surface area contributed by atoms with Crippen LogP contribution in [0, 0.1) is 6.92 Å². The van der Waals surface area contributed by atoms with Crippen molar-refractivity contribution in [1.29, 1.82) is 0 Å². The highest BCUT2D eigenvalue weighted by Gasteiger charge is 2.26. The molecule has 9 heteroatoms. The maximum Gasteiger partial charge on any atom is 0.338 e. The Hall–Kier alpha value is -3.53. The topological polar surface area (TPSA) is 85.4 Å². The fourth-order valence-electron chi connectivity index (χ4n) is 3.93. The van der Waals surface area contributed by atoms with E-state index in [2.05, 4.69) is 0 Å². The summed E-state index contributed by atoms with van der Waals surface area (Å²) in [5.74, 6) is 0.471. The van der Waals surface area contributed by atoms with Gasteiger partial charge in [0.2, 0.25) is 5.91 Å². The summed E-state index contributed by atoms with van der Waals surface area (Å²) in [4.78, 5) is 28.0. The molecule has 0 N–H and O–H groups in total. The Morgan fingerprint density at radius 3 is 2.35 bits per heavy atom. The number of aryl methyl sites for hydroxylation is 1. The Labute approximate surface area is 219 Å². The molecule has 1 atom stereocenters. The van der Waals surface area contributed by atoms with Crippen molar-refractivity contribution in [2.24, 2.45) is 0 Å². The third-order valence-corrected chi connectivity index (χ3v) is 7.34. The van der Waals surface area contributed by atoms with Gasteiger partial charge in [-0.25, -0.2) is 13.3 Å². The first-order valence-electron chi connectivity index (χ1n) is 12.0. The molecule has 0 spiro atoms. The maximum atomic E-state index is 13.7. The van der Waals surface area contributed by atoms with Gasteiger partial charge in [0.1, 0.15) is 22.5 Å². The van der Waals surface area contributed by atoms with Gasteiger partial charge in [-0.2, -0.15) is 0 Å². The van der Waals surface area contributed by atoms with Gasteiger partial charge < -0.3 is 19.1 Å². The zero-order valence-corrected chi connectivity index (χ0v) is 21.7. The molecule has 1 saturated heterocycles. The van der Waals surface area contributed by atoms with Crippen molar-refractivity contribution in [3.63, 3.8) is 0 Å². The Morgan fingerprint density at radius 2 is 1.68 bits per heavy atom. The number of hydrogen-bond acceptors (Lipinski definition) is 6. The molecule has 194 valence electrons. The second-order valence-electron chi connectivity index (χ2n) is 8.58. The van der Waals surface area contributed by atoms with Crippen LogP contribution < -0.4 is 4.74 Å². The first-order chi connectivity index (χ1) is 17.9. The minimum absolute atomic E-state index is 0.0625. The van der Waals surface area contributed by atoms with Gasteiger partial charge >= 0.3 is 5.97 Å². The van der Waals surface area contributed by atoms with Crippen molar-refractivity contribution in [2.75, 3.05) is 40.0 Å². The summed E-state index contributed by atoms with van der Waals surface area (Å²) in [6.45, 7) is 3.83. The van der Waals surface area contributed by atoms with Crippen molar-refractivity contribution in [3.05, 3.63) is 89.5 Å². The minimum atomic E-state index is -1.66. The van der Waals surface area contributed by atoms with Gasteiger partial charge in [0.25, 0.3) is 0 Å². The van der Waals surface area contributed by atoms with Crippen LogP contribution in [0.1, 0.15) is 21.5 Å². The lowest BCUT2D eigenvalue weighted by Gasteiger charge is -2.29. The van der Waals surface area contributed by atoms with Gasteiger partial charge in [-0.15, -0.1) is 0 Å². The number of esters is 1. The van der Waals surface area contributed by atoms with Gasteiger partial charge in [0, 0.05) is 19.6 Å². The number of amides is 1. The number of para-hydroxylation sites is 1. The number of benzene rings is 3. The van der Waals surface area contributed by atoms with Gasteiger partial charge in [0.15, 0.2) is 0 Å². The number of hydrogen-bond donors (Lipinski definition) is 0. The van der Waals surface area contributed by atoms with E-state index < -0.39 is 17.0 Å². The third-order valence-electron chi connectivity index (χ3n) is 5.94. The summed E-state index contributed by atoms with van der Waals surface area (Å²) in [6, 6.07) is 21.6. The Kier molecular flexibility index (Phi) is 9.05. The van der Waals surface area contributed by atoms with Crippen LogP contribution in [0.15, 0.2) is 77.7 Å². The summed E-state index contributed by atoms with van der Waals surface area (Å²) < 4.78 is 31.6. The number of rotatable bonds is 9. The van der Waals surface area contributed by atoms with Gasteiger partial charge in [-0.1, -0.05) is 35.9 Å². The molecule has 1 fully saturated rings. The molecule has 0 aliphatic carbocycles. The molecular formula is C28H30N2O6S. The molecular weight excluding hydrogens is 492 g/mol. The number of methoxy groups -OCH3 is 1. The molecule has 8 nitrogen and oxygen atoms in total. The molecule has 3 aromatic rings. The molecule has 1 unspecified atom stereocenters. The number of morpholine rings is 1. The van der Waals surface area contributed by atoms with Gasteiger partial charge in [-0.05, 0) is 55.0 Å². The second-order valence-corrected chi connectivity index (χ2v) is 10.1. The van der Waals surface area contributed by atoms with Crippen LogP contribution >= 0.6 is 0 Å². The van der Waals surface area contributed by atoms with Crippen LogP contribution in [0.3, 0.4) is 0 Å². The van der Waals surface area contributed by atoms with Crippen molar-refractivity contribution < 1.29 is 28.0 Å². The van der Waals surface area contributed by atoms with E-state index in [1.165, 1.54) is 7.11 Å². The molecule has 4 rings (SSSR count). The van der Waals surface area contributed by atoms with Crippen LogP contribution in [0.4, 0.5) is 0 Å². The highest BCUT2D eigenvalue weighted by atomic mass is 32.2. The standard InChI is InChI=1S/C28H30N2O6S/c1-21-8-11-25(12-9-21)37(33)30(20-27(31)29-14-16-35-17-15-29)19-22-18-24(10-13-26(22)28(32)34-2)36-23-6-4-3-5-7-23/h3-13,18H,14-17,19-20H2,1-2H3. The molecule has 1 aliphatic heterocycles. The molecule has 0 aromatic heterocycles. The number of carbonyl (C=O) groups is 2. The summed E-state index contributed by atoms with van der Waals surface area (Å²) in [5, 5.41) is 0. The zero-order valence-electron chi connectivity index (χ0n) is 20.9. The Bertz CT molecular complexity index is 1240. The number of carbonyl (C=O) groups excluding carboxylic acids is 2. The van der Waals surface area contributed by atoms with Crippen LogP contribution in [0.5, 0.6) is 11.5 Å². The first kappa shape index (κ1) is 26.5. The van der Waals surface area contributed by atoms with Crippen LogP contribution in [0.25, 0.3) is 0 Å². The molecule has 0 saturated carbocycles. The van der Waals surface area contributed by atoms with E-state index in [1.54, 1.807) is 39.5 Å². The average molecular weight is 523 g/mol. The van der Waals surface area contributed by atoms with E-state index in [0.717, 1.165) is 5.56 Å². The van der Waals surface area contributed by atoms with E-state index in [-0.39, 0.29) is 19.0 Å². The van der Waals surface area contributed by atoms with Gasteiger partial charge in [-0.3, -0.25) is 4.79 Å². The van der Waals surface area contributed by atoms with E-state index in [1.807, 2.05) is 49.4 Å². The summed E-state index contributed by atoms with van der Waals surface area (Å²) in [5.41, 5.74) is 1.89. The Balaban J connectivity index is 1.66. The predicted octanol–water partition coefficient (Wildman–Crippen LogP) is 3.96. The lowest BCUT2D eigenvalue weighted by Crippen LogP contribution is -2.46. The SMILES string of the molecule is COC(=O)c1ccc(Oc2ccccc2)cc1CN(CC(=O)N1CCOCC1)S(=O)c1ccc(C)cc1. The number of nitrogens with zero attached hydrogens (tertiary/aromatic N) is 2. The molecule has 3 aromatic carbocycles. The van der Waals surface area contributed by atoms with Crippen molar-refractivity contribution >= 4 is 22.9 Å². The average Bonchev–Trinajstić information content (AvgIpc) is 2.93. The number of ether oxygens (including phenoxy) is 3. The minimum Gasteiger partial charge on any atom is -0.465 e. The molecule has 1 aliphatic rings. The maximum absolute atomic E-state index is 13.7. The molecule has 0 bridgehead atoms. The highest BCUT2D eigenvalue weighted by molar-refractivity contribution is 7.82. The van der Waals surface area contributed by atoms with Crippen molar-refractivity contribution in [3.8, 4) is 11.5 Å². The van der Waals surface area contributed by atoms with Crippen molar-refractivity contribution in [2.45, 2.75) is 18.4 Å². The largest absolute Gasteiger partial charge is 0.465 e. The third kappa shape index (κ3) is 7.03. The Morgan fingerprint density at radius 1 is 0.973 bits per heavy atom. The first-order valence-corrected chi connectivity index (χ1v) is 13.1. The fourth-order valence-corrected chi connectivity index (χ4v) is 5.08. The monoisotopic (exact) mass is 522 g/mol.